The lowest BCUT2D eigenvalue weighted by molar-refractivity contribution is 0.191. The van der Waals surface area contributed by atoms with Crippen LogP contribution >= 0.6 is 0 Å². The lowest BCUT2D eigenvalue weighted by Gasteiger charge is -2.04. The van der Waals surface area contributed by atoms with E-state index in [1.54, 1.807) is 24.3 Å². The van der Waals surface area contributed by atoms with Crippen molar-refractivity contribution in [3.63, 3.8) is 0 Å². The molecule has 1 aromatic rings. The molecular formula is C10H9N2O2. The average Bonchev–Trinajstić information content (AvgIpc) is 2.19. The number of amidine groups is 1. The first kappa shape index (κ1) is 9.98. The Morgan fingerprint density at radius 1 is 1.57 bits per heavy atom. The number of carbonyl (C=O) groups excluding carboxylic acids is 1. The fourth-order valence-corrected chi connectivity index (χ4v) is 0.833. The maximum Gasteiger partial charge on any atom is 0.417 e. The SMILES string of the molecule is C=COC(=O)NC(=N)c1cc[c]cc1. The first-order chi connectivity index (χ1) is 6.74. The monoisotopic (exact) mass is 189 g/mol. The number of nitrogens with one attached hydrogen (secondary N) is 2. The molecule has 0 aromatic heterocycles. The van der Waals surface area contributed by atoms with Gasteiger partial charge < -0.3 is 4.74 Å². The van der Waals surface area contributed by atoms with Crippen LogP contribution < -0.4 is 5.32 Å². The molecular weight excluding hydrogens is 180 g/mol. The quantitative estimate of drug-likeness (QED) is 0.422. The third-order valence-corrected chi connectivity index (χ3v) is 1.42. The molecule has 71 valence electrons. The Balaban J connectivity index is 2.59. The second kappa shape index (κ2) is 4.81. The molecule has 0 aliphatic carbocycles. The van der Waals surface area contributed by atoms with Crippen LogP contribution in [0.15, 0.2) is 37.1 Å². The van der Waals surface area contributed by atoms with E-state index in [9.17, 15) is 4.79 Å². The number of alkyl carbamates (subject to hydrolysis) is 1. The van der Waals surface area contributed by atoms with E-state index in [4.69, 9.17) is 5.41 Å². The van der Waals surface area contributed by atoms with Gasteiger partial charge in [0.25, 0.3) is 0 Å². The van der Waals surface area contributed by atoms with Gasteiger partial charge in [0.15, 0.2) is 0 Å². The molecule has 0 heterocycles. The Hall–Kier alpha value is -2.10. The second-order valence-electron chi connectivity index (χ2n) is 2.36. The predicted molar refractivity (Wildman–Crippen MR) is 51.9 cm³/mol. The van der Waals surface area contributed by atoms with Gasteiger partial charge >= 0.3 is 6.09 Å². The molecule has 0 saturated heterocycles. The lowest BCUT2D eigenvalue weighted by atomic mass is 10.2. The van der Waals surface area contributed by atoms with E-state index in [-0.39, 0.29) is 5.84 Å². The number of amides is 1. The zero-order chi connectivity index (χ0) is 10.4. The summed E-state index contributed by atoms with van der Waals surface area (Å²) in [4.78, 5) is 10.9. The highest BCUT2D eigenvalue weighted by molar-refractivity contribution is 6.04. The normalized spacial score (nSPS) is 8.86. The number of rotatable bonds is 2. The summed E-state index contributed by atoms with van der Waals surface area (Å²) in [7, 11) is 0. The van der Waals surface area contributed by atoms with Crippen molar-refractivity contribution in [2.45, 2.75) is 0 Å². The van der Waals surface area contributed by atoms with Crippen LogP contribution in [-0.2, 0) is 4.74 Å². The number of hydrogen-bond acceptors (Lipinski definition) is 3. The predicted octanol–water partition coefficient (Wildman–Crippen LogP) is 1.68. The van der Waals surface area contributed by atoms with Crippen molar-refractivity contribution in [3.8, 4) is 0 Å². The second-order valence-corrected chi connectivity index (χ2v) is 2.36. The molecule has 4 heteroatoms. The summed E-state index contributed by atoms with van der Waals surface area (Å²) in [5, 5.41) is 9.71. The molecule has 1 aromatic carbocycles. The zero-order valence-electron chi connectivity index (χ0n) is 7.41. The maximum absolute atomic E-state index is 10.9. The van der Waals surface area contributed by atoms with Gasteiger partial charge in [0.1, 0.15) is 5.84 Å². The first-order valence-electron chi connectivity index (χ1n) is 3.87. The van der Waals surface area contributed by atoms with E-state index in [1.807, 2.05) is 0 Å². The summed E-state index contributed by atoms with van der Waals surface area (Å²) >= 11 is 0. The topological polar surface area (TPSA) is 62.2 Å². The summed E-state index contributed by atoms with van der Waals surface area (Å²) in [6, 6.07) is 9.45. The number of carbonyl (C=O) groups is 1. The molecule has 0 saturated carbocycles. The van der Waals surface area contributed by atoms with Gasteiger partial charge in [-0.15, -0.1) is 0 Å². The number of ether oxygens (including phenoxy) is 1. The summed E-state index contributed by atoms with van der Waals surface area (Å²) in [5.74, 6) is -0.0224. The molecule has 0 aliphatic heterocycles. The van der Waals surface area contributed by atoms with E-state index in [0.717, 1.165) is 6.26 Å². The standard InChI is InChI=1S/C10H9N2O2/c1-2-14-10(13)12-9(11)8-6-4-3-5-7-8/h2,4-7H,1H2,(H2,11,12,13). The van der Waals surface area contributed by atoms with Gasteiger partial charge in [-0.05, 0) is 6.07 Å². The molecule has 4 nitrogen and oxygen atoms in total. The number of hydrogen-bond donors (Lipinski definition) is 2. The van der Waals surface area contributed by atoms with E-state index in [2.05, 4.69) is 22.7 Å². The Kier molecular flexibility index (Phi) is 3.43. The third kappa shape index (κ3) is 2.75. The van der Waals surface area contributed by atoms with Crippen LogP contribution in [0.1, 0.15) is 5.56 Å². The fourth-order valence-electron chi connectivity index (χ4n) is 0.833. The van der Waals surface area contributed by atoms with Gasteiger partial charge in [-0.25, -0.2) is 4.79 Å². The van der Waals surface area contributed by atoms with E-state index in [0.29, 0.717) is 5.56 Å². The molecule has 0 fully saturated rings. The van der Waals surface area contributed by atoms with Crippen molar-refractivity contribution in [3.05, 3.63) is 48.7 Å². The van der Waals surface area contributed by atoms with Gasteiger partial charge in [-0.2, -0.15) is 0 Å². The van der Waals surface area contributed by atoms with Crippen LogP contribution in [0.3, 0.4) is 0 Å². The van der Waals surface area contributed by atoms with Gasteiger partial charge in [-0.3, -0.25) is 10.7 Å². The van der Waals surface area contributed by atoms with E-state index >= 15 is 0 Å². The molecule has 2 N–H and O–H groups in total. The van der Waals surface area contributed by atoms with Crippen molar-refractivity contribution in [1.29, 1.82) is 5.41 Å². The van der Waals surface area contributed by atoms with Crippen molar-refractivity contribution in [2.75, 3.05) is 0 Å². The molecule has 0 bridgehead atoms. The highest BCUT2D eigenvalue weighted by Gasteiger charge is 2.05. The first-order valence-corrected chi connectivity index (χ1v) is 3.87. The zero-order valence-corrected chi connectivity index (χ0v) is 7.41. The maximum atomic E-state index is 10.9. The lowest BCUT2D eigenvalue weighted by Crippen LogP contribution is -2.29. The highest BCUT2D eigenvalue weighted by Crippen LogP contribution is 1.97. The van der Waals surface area contributed by atoms with Gasteiger partial charge in [0, 0.05) is 5.56 Å². The Labute approximate surface area is 81.7 Å². The van der Waals surface area contributed by atoms with Gasteiger partial charge in [-0.1, -0.05) is 30.8 Å². The van der Waals surface area contributed by atoms with Gasteiger partial charge in [0.05, 0.1) is 6.26 Å². The minimum Gasteiger partial charge on any atom is -0.419 e. The molecule has 0 unspecified atom stereocenters. The summed E-state index contributed by atoms with van der Waals surface area (Å²) in [6.45, 7) is 3.22. The Morgan fingerprint density at radius 3 is 2.79 bits per heavy atom. The van der Waals surface area contributed by atoms with Crippen LogP contribution in [0.25, 0.3) is 0 Å². The largest absolute Gasteiger partial charge is 0.419 e. The molecule has 1 rings (SSSR count). The average molecular weight is 189 g/mol. The summed E-state index contributed by atoms with van der Waals surface area (Å²) < 4.78 is 4.40. The number of benzene rings is 1. The van der Waals surface area contributed by atoms with Crippen LogP contribution in [0.4, 0.5) is 4.79 Å². The molecule has 0 spiro atoms. The van der Waals surface area contributed by atoms with E-state index in [1.165, 1.54) is 0 Å². The smallest absolute Gasteiger partial charge is 0.417 e. The van der Waals surface area contributed by atoms with Gasteiger partial charge in [0.2, 0.25) is 0 Å². The Morgan fingerprint density at radius 2 is 2.21 bits per heavy atom. The van der Waals surface area contributed by atoms with Crippen molar-refractivity contribution >= 4 is 11.9 Å². The summed E-state index contributed by atoms with van der Waals surface area (Å²) in [6.07, 6.45) is 0.277. The van der Waals surface area contributed by atoms with Crippen LogP contribution in [0.5, 0.6) is 0 Å². The highest BCUT2D eigenvalue weighted by atomic mass is 16.5. The van der Waals surface area contributed by atoms with Crippen molar-refractivity contribution in [1.82, 2.24) is 5.32 Å². The molecule has 14 heavy (non-hydrogen) atoms. The Bertz CT molecular complexity index is 346. The minimum absolute atomic E-state index is 0.0224. The molecule has 0 atom stereocenters. The minimum atomic E-state index is -0.724. The molecule has 1 radical (unpaired) electrons. The molecule has 0 aliphatic rings. The van der Waals surface area contributed by atoms with Crippen molar-refractivity contribution < 1.29 is 9.53 Å². The summed E-state index contributed by atoms with van der Waals surface area (Å²) in [5.41, 5.74) is 0.588. The third-order valence-electron chi connectivity index (χ3n) is 1.42. The van der Waals surface area contributed by atoms with Crippen LogP contribution in [-0.4, -0.2) is 11.9 Å². The molecule has 1 amide bonds. The fraction of sp³-hybridized carbons (Fsp3) is 0. The van der Waals surface area contributed by atoms with Crippen molar-refractivity contribution in [2.24, 2.45) is 0 Å². The van der Waals surface area contributed by atoms with E-state index < -0.39 is 6.09 Å². The van der Waals surface area contributed by atoms with Crippen LogP contribution in [0.2, 0.25) is 0 Å². The van der Waals surface area contributed by atoms with Crippen LogP contribution in [0, 0.1) is 11.5 Å².